The lowest BCUT2D eigenvalue weighted by molar-refractivity contribution is 0.432. The van der Waals surface area contributed by atoms with Gasteiger partial charge in [-0.2, -0.15) is 0 Å². The van der Waals surface area contributed by atoms with Gasteiger partial charge in [-0.1, -0.05) is 6.07 Å². The molecule has 0 spiro atoms. The second kappa shape index (κ2) is 4.77. The molecule has 0 radical (unpaired) electrons. The van der Waals surface area contributed by atoms with E-state index in [1.165, 1.54) is 31.0 Å². The maximum absolute atomic E-state index is 12.3. The fourth-order valence-corrected chi connectivity index (χ4v) is 4.54. The van der Waals surface area contributed by atoms with Gasteiger partial charge in [0, 0.05) is 6.54 Å². The van der Waals surface area contributed by atoms with E-state index < -0.39 is 20.0 Å². The fraction of sp³-hybridized carbons (Fsp3) is 0.538. The SMILES string of the molecule is NS(=O)(=O)c1cccc(S(=O)(=O)NCC2(C3CC3)CC2)c1. The lowest BCUT2D eigenvalue weighted by atomic mass is 10.0. The van der Waals surface area contributed by atoms with Crippen molar-refractivity contribution in [3.05, 3.63) is 24.3 Å². The van der Waals surface area contributed by atoms with E-state index >= 15 is 0 Å². The van der Waals surface area contributed by atoms with E-state index in [2.05, 4.69) is 4.72 Å². The predicted molar refractivity (Wildman–Crippen MR) is 77.4 cm³/mol. The van der Waals surface area contributed by atoms with E-state index in [0.717, 1.165) is 18.9 Å². The summed E-state index contributed by atoms with van der Waals surface area (Å²) < 4.78 is 49.8. The maximum Gasteiger partial charge on any atom is 0.240 e. The van der Waals surface area contributed by atoms with Crippen LogP contribution in [0.2, 0.25) is 0 Å². The highest BCUT2D eigenvalue weighted by molar-refractivity contribution is 7.90. The first-order valence-electron chi connectivity index (χ1n) is 6.86. The number of nitrogens with two attached hydrogens (primary N) is 1. The van der Waals surface area contributed by atoms with Gasteiger partial charge in [0.25, 0.3) is 0 Å². The van der Waals surface area contributed by atoms with Crippen LogP contribution in [-0.2, 0) is 20.0 Å². The zero-order valence-electron chi connectivity index (χ0n) is 11.4. The number of hydrogen-bond acceptors (Lipinski definition) is 4. The molecule has 2 saturated carbocycles. The Kier molecular flexibility index (Phi) is 3.40. The summed E-state index contributed by atoms with van der Waals surface area (Å²) in [5, 5.41) is 5.03. The van der Waals surface area contributed by atoms with Gasteiger partial charge in [-0.3, -0.25) is 0 Å². The number of nitrogens with one attached hydrogen (secondary N) is 1. The Hall–Kier alpha value is -0.960. The van der Waals surface area contributed by atoms with Crippen molar-refractivity contribution in [3.63, 3.8) is 0 Å². The standard InChI is InChI=1S/C13H18N2O4S2/c14-20(16,17)11-2-1-3-12(8-11)21(18,19)15-9-13(6-7-13)10-4-5-10/h1-3,8,10,15H,4-7,9H2,(H2,14,16,17). The van der Waals surface area contributed by atoms with Crippen LogP contribution in [0.15, 0.2) is 34.1 Å². The van der Waals surface area contributed by atoms with Gasteiger partial charge < -0.3 is 0 Å². The van der Waals surface area contributed by atoms with Crippen LogP contribution in [0.5, 0.6) is 0 Å². The van der Waals surface area contributed by atoms with Crippen LogP contribution in [0, 0.1) is 11.3 Å². The normalized spacial score (nSPS) is 21.2. The largest absolute Gasteiger partial charge is 0.240 e. The molecule has 0 bridgehead atoms. The van der Waals surface area contributed by atoms with Crippen molar-refractivity contribution >= 4 is 20.0 Å². The van der Waals surface area contributed by atoms with Crippen LogP contribution in [0.1, 0.15) is 25.7 Å². The van der Waals surface area contributed by atoms with Crippen LogP contribution in [0.4, 0.5) is 0 Å². The molecule has 0 aromatic heterocycles. The van der Waals surface area contributed by atoms with E-state index in [1.807, 2.05) is 0 Å². The Balaban J connectivity index is 1.78. The first-order valence-corrected chi connectivity index (χ1v) is 9.88. The van der Waals surface area contributed by atoms with Gasteiger partial charge in [0.15, 0.2) is 0 Å². The third kappa shape index (κ3) is 3.13. The number of benzene rings is 1. The summed E-state index contributed by atoms with van der Waals surface area (Å²) in [5.41, 5.74) is 0.143. The number of hydrogen-bond donors (Lipinski definition) is 2. The molecule has 3 N–H and O–H groups in total. The smallest absolute Gasteiger partial charge is 0.225 e. The molecule has 2 aliphatic carbocycles. The quantitative estimate of drug-likeness (QED) is 0.804. The minimum absolute atomic E-state index is 0.0689. The third-order valence-corrected chi connectivity index (χ3v) is 6.70. The monoisotopic (exact) mass is 330 g/mol. The van der Waals surface area contributed by atoms with Crippen LogP contribution in [-0.4, -0.2) is 23.4 Å². The highest BCUT2D eigenvalue weighted by atomic mass is 32.2. The second-order valence-corrected chi connectivity index (χ2v) is 9.31. The molecule has 0 aliphatic heterocycles. The first kappa shape index (κ1) is 15.0. The molecule has 116 valence electrons. The Morgan fingerprint density at radius 2 is 1.76 bits per heavy atom. The number of primary sulfonamides is 1. The number of rotatable bonds is 6. The molecule has 2 aliphatic rings. The Morgan fingerprint density at radius 3 is 2.29 bits per heavy atom. The van der Waals surface area contributed by atoms with Gasteiger partial charge >= 0.3 is 0 Å². The molecule has 0 unspecified atom stereocenters. The molecule has 1 aromatic rings. The van der Waals surface area contributed by atoms with Gasteiger partial charge in [0.05, 0.1) is 9.79 Å². The zero-order valence-corrected chi connectivity index (χ0v) is 13.1. The highest BCUT2D eigenvalue weighted by Crippen LogP contribution is 2.60. The summed E-state index contributed by atoms with van der Waals surface area (Å²) in [4.78, 5) is -0.269. The molecule has 6 nitrogen and oxygen atoms in total. The summed E-state index contributed by atoms with van der Waals surface area (Å²) in [6.07, 6.45) is 4.50. The molecular formula is C13H18N2O4S2. The molecule has 0 saturated heterocycles. The van der Waals surface area contributed by atoms with Crippen molar-refractivity contribution in [2.24, 2.45) is 16.5 Å². The molecule has 0 atom stereocenters. The Labute approximate surface area is 124 Å². The molecule has 21 heavy (non-hydrogen) atoms. The Bertz CT molecular complexity index is 763. The minimum Gasteiger partial charge on any atom is -0.225 e. The van der Waals surface area contributed by atoms with Crippen molar-refractivity contribution in [3.8, 4) is 0 Å². The van der Waals surface area contributed by atoms with E-state index in [9.17, 15) is 16.8 Å². The van der Waals surface area contributed by atoms with Crippen molar-refractivity contribution in [2.75, 3.05) is 6.54 Å². The second-order valence-electron chi connectivity index (χ2n) is 5.98. The number of sulfonamides is 2. The zero-order chi connectivity index (χ0) is 15.3. The van der Waals surface area contributed by atoms with Crippen molar-refractivity contribution in [1.82, 2.24) is 4.72 Å². The van der Waals surface area contributed by atoms with E-state index in [-0.39, 0.29) is 15.2 Å². The van der Waals surface area contributed by atoms with Crippen LogP contribution < -0.4 is 9.86 Å². The van der Waals surface area contributed by atoms with Crippen molar-refractivity contribution < 1.29 is 16.8 Å². The van der Waals surface area contributed by atoms with E-state index in [4.69, 9.17) is 5.14 Å². The molecule has 2 fully saturated rings. The summed E-state index contributed by atoms with van der Waals surface area (Å²) in [7, 11) is -7.62. The highest BCUT2D eigenvalue weighted by Gasteiger charge is 2.53. The molecular weight excluding hydrogens is 312 g/mol. The third-order valence-electron chi connectivity index (χ3n) is 4.39. The lowest BCUT2D eigenvalue weighted by Gasteiger charge is -2.15. The predicted octanol–water partition coefficient (Wildman–Crippen LogP) is 0.802. The van der Waals surface area contributed by atoms with Crippen LogP contribution >= 0.6 is 0 Å². The van der Waals surface area contributed by atoms with Crippen molar-refractivity contribution in [1.29, 1.82) is 0 Å². The summed E-state index contributed by atoms with van der Waals surface area (Å²) in [5.74, 6) is 0.649. The lowest BCUT2D eigenvalue weighted by Crippen LogP contribution is -2.31. The van der Waals surface area contributed by atoms with Gasteiger partial charge in [-0.05, 0) is 55.2 Å². The minimum atomic E-state index is -3.91. The summed E-state index contributed by atoms with van der Waals surface area (Å²) in [6, 6.07) is 5.12. The van der Waals surface area contributed by atoms with E-state index in [1.54, 1.807) is 0 Å². The molecule has 0 heterocycles. The summed E-state index contributed by atoms with van der Waals surface area (Å²) >= 11 is 0. The topological polar surface area (TPSA) is 106 Å². The van der Waals surface area contributed by atoms with Crippen LogP contribution in [0.25, 0.3) is 0 Å². The first-order chi connectivity index (χ1) is 9.73. The van der Waals surface area contributed by atoms with Crippen molar-refractivity contribution in [2.45, 2.75) is 35.5 Å². The molecule has 1 aromatic carbocycles. The van der Waals surface area contributed by atoms with Crippen LogP contribution in [0.3, 0.4) is 0 Å². The molecule has 0 amide bonds. The summed E-state index contributed by atoms with van der Waals surface area (Å²) in [6.45, 7) is 0.430. The molecule has 3 rings (SSSR count). The fourth-order valence-electron chi connectivity index (χ4n) is 2.73. The van der Waals surface area contributed by atoms with Gasteiger partial charge in [0.1, 0.15) is 0 Å². The Morgan fingerprint density at radius 1 is 1.14 bits per heavy atom. The average molecular weight is 330 g/mol. The van der Waals surface area contributed by atoms with Gasteiger partial charge in [0.2, 0.25) is 20.0 Å². The maximum atomic E-state index is 12.3. The van der Waals surface area contributed by atoms with E-state index in [0.29, 0.717) is 12.5 Å². The van der Waals surface area contributed by atoms with Gasteiger partial charge in [-0.15, -0.1) is 0 Å². The molecule has 8 heteroatoms. The van der Waals surface area contributed by atoms with Gasteiger partial charge in [-0.25, -0.2) is 26.7 Å². The average Bonchev–Trinajstić information content (AvgIpc) is 3.26.